The molecule has 0 spiro atoms. The Balaban J connectivity index is 1.71. The van der Waals surface area contributed by atoms with Crippen LogP contribution in [0.3, 0.4) is 0 Å². The number of hydrogen-bond donors (Lipinski definition) is 1. The first kappa shape index (κ1) is 17.2. The van der Waals surface area contributed by atoms with E-state index in [4.69, 9.17) is 4.74 Å². The minimum absolute atomic E-state index is 0.0193. The van der Waals surface area contributed by atoms with E-state index in [1.54, 1.807) is 24.2 Å². The first-order valence-electron chi connectivity index (χ1n) is 8.68. The molecule has 3 rings (SSSR count). The Bertz CT molecular complexity index is 665. The van der Waals surface area contributed by atoms with Crippen molar-refractivity contribution in [3.8, 4) is 0 Å². The summed E-state index contributed by atoms with van der Waals surface area (Å²) in [5, 5.41) is 11.2. The molecule has 2 aliphatic rings. The van der Waals surface area contributed by atoms with E-state index in [2.05, 4.69) is 0 Å². The summed E-state index contributed by atoms with van der Waals surface area (Å²) in [5.41, 5.74) is -0.336. The summed E-state index contributed by atoms with van der Waals surface area (Å²) in [4.78, 5) is 26.0. The second-order valence-corrected chi connectivity index (χ2v) is 7.15. The van der Waals surface area contributed by atoms with Crippen LogP contribution in [-0.4, -0.2) is 52.4 Å². The van der Waals surface area contributed by atoms with Crippen molar-refractivity contribution in [1.82, 2.24) is 9.47 Å². The van der Waals surface area contributed by atoms with Gasteiger partial charge in [0.15, 0.2) is 0 Å². The number of aliphatic hydroxyl groups is 1. The van der Waals surface area contributed by atoms with Gasteiger partial charge >= 0.3 is 0 Å². The van der Waals surface area contributed by atoms with Crippen molar-refractivity contribution in [2.24, 2.45) is 18.9 Å². The lowest BCUT2D eigenvalue weighted by Gasteiger charge is -2.48. The van der Waals surface area contributed by atoms with E-state index in [0.29, 0.717) is 38.3 Å². The van der Waals surface area contributed by atoms with Gasteiger partial charge in [-0.3, -0.25) is 9.59 Å². The lowest BCUT2D eigenvalue weighted by molar-refractivity contribution is -0.125. The number of piperidine rings is 1. The molecule has 2 fully saturated rings. The SMILES string of the molecule is C[C@@H]1CN(C(=O)c2ccc(=O)n(C)c2)CC[C@@]1(O)C1CCOCC1. The number of aryl methyl sites for hydroxylation is 1. The largest absolute Gasteiger partial charge is 0.389 e. The molecule has 6 nitrogen and oxygen atoms in total. The maximum absolute atomic E-state index is 12.7. The molecule has 1 aromatic heterocycles. The van der Waals surface area contributed by atoms with Gasteiger partial charge in [0.1, 0.15) is 0 Å². The highest BCUT2D eigenvalue weighted by Gasteiger charge is 2.46. The van der Waals surface area contributed by atoms with Crippen molar-refractivity contribution in [3.05, 3.63) is 34.2 Å². The number of carbonyl (C=O) groups is 1. The average Bonchev–Trinajstić information content (AvgIpc) is 2.60. The van der Waals surface area contributed by atoms with Crippen LogP contribution in [0.5, 0.6) is 0 Å². The second-order valence-electron chi connectivity index (χ2n) is 7.15. The van der Waals surface area contributed by atoms with Gasteiger partial charge in [0.2, 0.25) is 5.56 Å². The molecule has 0 aromatic carbocycles. The van der Waals surface area contributed by atoms with E-state index in [1.807, 2.05) is 6.92 Å². The van der Waals surface area contributed by atoms with Gasteiger partial charge in [0.05, 0.1) is 11.2 Å². The van der Waals surface area contributed by atoms with E-state index in [9.17, 15) is 14.7 Å². The van der Waals surface area contributed by atoms with Crippen LogP contribution in [0.25, 0.3) is 0 Å². The zero-order valence-corrected chi connectivity index (χ0v) is 14.4. The number of amides is 1. The summed E-state index contributed by atoms with van der Waals surface area (Å²) in [7, 11) is 1.64. The topological polar surface area (TPSA) is 71.8 Å². The Kier molecular flexibility index (Phi) is 4.78. The van der Waals surface area contributed by atoms with Gasteiger partial charge in [0.25, 0.3) is 5.91 Å². The first-order valence-corrected chi connectivity index (χ1v) is 8.68. The third-order valence-corrected chi connectivity index (χ3v) is 5.68. The molecular weight excluding hydrogens is 308 g/mol. The summed E-state index contributed by atoms with van der Waals surface area (Å²) in [6.07, 6.45) is 3.94. The molecular formula is C18H26N2O4. The van der Waals surface area contributed by atoms with Gasteiger partial charge in [0, 0.05) is 51.5 Å². The Morgan fingerprint density at radius 2 is 2.04 bits per heavy atom. The zero-order chi connectivity index (χ0) is 17.3. The fourth-order valence-corrected chi connectivity index (χ4v) is 4.03. The normalized spacial score (nSPS) is 28.8. The van der Waals surface area contributed by atoms with Crippen LogP contribution in [0.15, 0.2) is 23.1 Å². The number of pyridine rings is 1. The number of rotatable bonds is 2. The third-order valence-electron chi connectivity index (χ3n) is 5.68. The molecule has 3 heterocycles. The predicted octanol–water partition coefficient (Wildman–Crippen LogP) is 1.02. The average molecular weight is 334 g/mol. The smallest absolute Gasteiger partial charge is 0.255 e. The summed E-state index contributed by atoms with van der Waals surface area (Å²) in [5.74, 6) is 0.188. The van der Waals surface area contributed by atoms with Crippen LogP contribution in [0.4, 0.5) is 0 Å². The number of nitrogens with zero attached hydrogens (tertiary/aromatic N) is 2. The molecule has 0 bridgehead atoms. The van der Waals surface area contributed by atoms with Crippen molar-refractivity contribution in [2.45, 2.75) is 31.8 Å². The van der Waals surface area contributed by atoms with Crippen molar-refractivity contribution < 1.29 is 14.6 Å². The Labute approximate surface area is 142 Å². The van der Waals surface area contributed by atoms with Crippen LogP contribution < -0.4 is 5.56 Å². The molecule has 1 amide bonds. The highest BCUT2D eigenvalue weighted by atomic mass is 16.5. The van der Waals surface area contributed by atoms with E-state index in [0.717, 1.165) is 12.8 Å². The molecule has 6 heteroatoms. The van der Waals surface area contributed by atoms with Crippen LogP contribution >= 0.6 is 0 Å². The monoisotopic (exact) mass is 334 g/mol. The second kappa shape index (κ2) is 6.69. The standard InChI is InChI=1S/C18H26N2O4/c1-13-11-20(17(22)14-3-4-16(21)19(2)12-14)8-7-18(13,23)15-5-9-24-10-6-15/h3-4,12-13,15,23H,5-11H2,1-2H3/t13-,18+/m1/s1. The van der Waals surface area contributed by atoms with Crippen LogP contribution in [-0.2, 0) is 11.8 Å². The van der Waals surface area contributed by atoms with E-state index in [1.165, 1.54) is 10.6 Å². The van der Waals surface area contributed by atoms with Gasteiger partial charge in [-0.05, 0) is 31.2 Å². The lowest BCUT2D eigenvalue weighted by Crippen LogP contribution is -2.56. The molecule has 132 valence electrons. The lowest BCUT2D eigenvalue weighted by atomic mass is 9.70. The van der Waals surface area contributed by atoms with Crippen LogP contribution in [0, 0.1) is 11.8 Å². The summed E-state index contributed by atoms with van der Waals surface area (Å²) >= 11 is 0. The summed E-state index contributed by atoms with van der Waals surface area (Å²) in [6.45, 7) is 4.52. The molecule has 0 saturated carbocycles. The maximum Gasteiger partial charge on any atom is 0.255 e. The van der Waals surface area contributed by atoms with Gasteiger partial charge < -0.3 is 19.3 Å². The Hall–Kier alpha value is -1.66. The third kappa shape index (κ3) is 3.13. The van der Waals surface area contributed by atoms with Gasteiger partial charge in [-0.2, -0.15) is 0 Å². The minimum Gasteiger partial charge on any atom is -0.389 e. The highest BCUT2D eigenvalue weighted by molar-refractivity contribution is 5.94. The summed E-state index contributed by atoms with van der Waals surface area (Å²) in [6, 6.07) is 2.99. The zero-order valence-electron chi connectivity index (χ0n) is 14.4. The molecule has 2 aliphatic heterocycles. The Morgan fingerprint density at radius 1 is 1.33 bits per heavy atom. The van der Waals surface area contributed by atoms with Gasteiger partial charge in [-0.25, -0.2) is 0 Å². The fraction of sp³-hybridized carbons (Fsp3) is 0.667. The molecule has 1 N–H and O–H groups in total. The molecule has 0 radical (unpaired) electrons. The maximum atomic E-state index is 12.7. The van der Waals surface area contributed by atoms with E-state index in [-0.39, 0.29) is 23.3 Å². The molecule has 0 aliphatic carbocycles. The number of carbonyl (C=O) groups excluding carboxylic acids is 1. The number of aromatic nitrogens is 1. The predicted molar refractivity (Wildman–Crippen MR) is 89.9 cm³/mol. The van der Waals surface area contributed by atoms with Crippen LogP contribution in [0.2, 0.25) is 0 Å². The molecule has 24 heavy (non-hydrogen) atoms. The number of hydrogen-bond acceptors (Lipinski definition) is 4. The minimum atomic E-state index is -0.718. The molecule has 0 unspecified atom stereocenters. The van der Waals surface area contributed by atoms with E-state index < -0.39 is 5.60 Å². The highest BCUT2D eigenvalue weighted by Crippen LogP contribution is 2.39. The Morgan fingerprint density at radius 3 is 2.67 bits per heavy atom. The van der Waals surface area contributed by atoms with Gasteiger partial charge in [-0.1, -0.05) is 6.92 Å². The number of likely N-dealkylation sites (tertiary alicyclic amines) is 1. The first-order chi connectivity index (χ1) is 11.4. The molecule has 2 atom stereocenters. The number of ether oxygens (including phenoxy) is 1. The quantitative estimate of drug-likeness (QED) is 0.877. The molecule has 1 aromatic rings. The molecule has 2 saturated heterocycles. The van der Waals surface area contributed by atoms with Crippen molar-refractivity contribution in [3.63, 3.8) is 0 Å². The van der Waals surface area contributed by atoms with E-state index >= 15 is 0 Å². The summed E-state index contributed by atoms with van der Waals surface area (Å²) < 4.78 is 6.82. The van der Waals surface area contributed by atoms with Crippen LogP contribution in [0.1, 0.15) is 36.5 Å². The van der Waals surface area contributed by atoms with Crippen molar-refractivity contribution >= 4 is 5.91 Å². The fourth-order valence-electron chi connectivity index (χ4n) is 4.03. The van der Waals surface area contributed by atoms with Crippen molar-refractivity contribution in [2.75, 3.05) is 26.3 Å². The van der Waals surface area contributed by atoms with Gasteiger partial charge in [-0.15, -0.1) is 0 Å². The van der Waals surface area contributed by atoms with Crippen molar-refractivity contribution in [1.29, 1.82) is 0 Å².